The summed E-state index contributed by atoms with van der Waals surface area (Å²) in [5.74, 6) is -0.0859. The fourth-order valence-electron chi connectivity index (χ4n) is 1.54. The molecule has 0 spiro atoms. The maximum absolute atomic E-state index is 12.1. The summed E-state index contributed by atoms with van der Waals surface area (Å²) in [6.07, 6.45) is 0.539. The van der Waals surface area contributed by atoms with Gasteiger partial charge in [0.2, 0.25) is 5.95 Å². The molecule has 20 heavy (non-hydrogen) atoms. The topological polar surface area (TPSA) is 91.9 Å². The van der Waals surface area contributed by atoms with E-state index < -0.39 is 15.6 Å². The van der Waals surface area contributed by atoms with E-state index in [1.54, 1.807) is 12.1 Å². The van der Waals surface area contributed by atoms with Gasteiger partial charge >= 0.3 is 0 Å². The summed E-state index contributed by atoms with van der Waals surface area (Å²) >= 11 is 3.23. The Bertz CT molecular complexity index is 769. The van der Waals surface area contributed by atoms with E-state index in [2.05, 4.69) is 30.6 Å². The monoisotopic (exact) mass is 357 g/mol. The highest BCUT2D eigenvalue weighted by molar-refractivity contribution is 9.10. The Hall–Kier alpha value is -1.67. The van der Waals surface area contributed by atoms with Gasteiger partial charge in [0.05, 0.1) is 4.90 Å². The van der Waals surface area contributed by atoms with Gasteiger partial charge in [-0.2, -0.15) is 0 Å². The number of sulfonamides is 1. The van der Waals surface area contributed by atoms with Crippen molar-refractivity contribution >= 4 is 31.9 Å². The number of aromatic nitrogens is 2. The van der Waals surface area contributed by atoms with E-state index in [4.69, 9.17) is 0 Å². The number of nitrogens with one attached hydrogen (secondary N) is 2. The minimum absolute atomic E-state index is 0.0859. The van der Waals surface area contributed by atoms with Crippen LogP contribution in [0.5, 0.6) is 0 Å². The van der Waals surface area contributed by atoms with Crippen LogP contribution in [0.3, 0.4) is 0 Å². The minimum Gasteiger partial charge on any atom is -0.292 e. The zero-order valence-corrected chi connectivity index (χ0v) is 13.0. The van der Waals surface area contributed by atoms with Gasteiger partial charge in [0.15, 0.2) is 0 Å². The molecule has 1 aromatic carbocycles. The van der Waals surface area contributed by atoms with Gasteiger partial charge in [-0.15, -0.1) is 0 Å². The number of hydrogen-bond donors (Lipinski definition) is 2. The van der Waals surface area contributed by atoms with Crippen LogP contribution in [-0.4, -0.2) is 18.4 Å². The van der Waals surface area contributed by atoms with Crippen molar-refractivity contribution in [2.24, 2.45) is 0 Å². The van der Waals surface area contributed by atoms with Crippen LogP contribution in [0.15, 0.2) is 44.5 Å². The lowest BCUT2D eigenvalue weighted by Crippen LogP contribution is -2.19. The van der Waals surface area contributed by atoms with Gasteiger partial charge in [0.1, 0.15) is 0 Å². The van der Waals surface area contributed by atoms with E-state index in [0.717, 1.165) is 4.47 Å². The number of H-pyrrole nitrogens is 1. The number of benzene rings is 1. The molecule has 0 saturated carbocycles. The molecule has 106 valence electrons. The van der Waals surface area contributed by atoms with Gasteiger partial charge in [-0.25, -0.2) is 18.1 Å². The Morgan fingerprint density at radius 1 is 1.30 bits per heavy atom. The summed E-state index contributed by atoms with van der Waals surface area (Å²) in [5, 5.41) is 0. The Morgan fingerprint density at radius 2 is 1.95 bits per heavy atom. The highest BCUT2D eigenvalue weighted by Gasteiger charge is 2.15. The lowest BCUT2D eigenvalue weighted by Gasteiger charge is -2.07. The standard InChI is InChI=1S/C12H12BrN3O3S/c1-2-9-7-11(17)15-12(14-9)16-20(18,19)10-5-3-8(13)4-6-10/h3-7H,2H2,1H3,(H2,14,15,16,17). The first-order valence-corrected chi connectivity index (χ1v) is 8.07. The summed E-state index contributed by atoms with van der Waals surface area (Å²) in [6.45, 7) is 1.83. The average Bonchev–Trinajstić information content (AvgIpc) is 2.37. The van der Waals surface area contributed by atoms with Crippen LogP contribution in [0.2, 0.25) is 0 Å². The molecule has 0 saturated heterocycles. The van der Waals surface area contributed by atoms with Crippen molar-refractivity contribution in [2.45, 2.75) is 18.2 Å². The number of aromatic amines is 1. The maximum Gasteiger partial charge on any atom is 0.264 e. The molecule has 2 rings (SSSR count). The molecular formula is C12H12BrN3O3S. The predicted octanol–water partition coefficient (Wildman–Crippen LogP) is 1.90. The molecule has 1 aromatic heterocycles. The van der Waals surface area contributed by atoms with Crippen LogP contribution in [0.25, 0.3) is 0 Å². The number of nitrogens with zero attached hydrogens (tertiary/aromatic N) is 1. The molecule has 0 aliphatic carbocycles. The second kappa shape index (κ2) is 5.76. The fraction of sp³-hybridized carbons (Fsp3) is 0.167. The SMILES string of the molecule is CCc1cc(=O)[nH]c(NS(=O)(=O)c2ccc(Br)cc2)n1. The molecular weight excluding hydrogens is 346 g/mol. The van der Waals surface area contributed by atoms with E-state index in [9.17, 15) is 13.2 Å². The molecule has 2 N–H and O–H groups in total. The molecule has 0 amide bonds. The van der Waals surface area contributed by atoms with Crippen molar-refractivity contribution in [1.82, 2.24) is 9.97 Å². The van der Waals surface area contributed by atoms with E-state index >= 15 is 0 Å². The first kappa shape index (κ1) is 14.7. The van der Waals surface area contributed by atoms with E-state index in [-0.39, 0.29) is 10.8 Å². The summed E-state index contributed by atoms with van der Waals surface area (Å²) in [6, 6.07) is 7.47. The zero-order valence-electron chi connectivity index (χ0n) is 10.6. The molecule has 0 fully saturated rings. The lowest BCUT2D eigenvalue weighted by molar-refractivity contribution is 0.600. The highest BCUT2D eigenvalue weighted by atomic mass is 79.9. The van der Waals surface area contributed by atoms with Gasteiger partial charge in [-0.05, 0) is 30.7 Å². The van der Waals surface area contributed by atoms with Crippen molar-refractivity contribution in [3.63, 3.8) is 0 Å². The number of anilines is 1. The zero-order chi connectivity index (χ0) is 14.8. The molecule has 0 atom stereocenters. The highest BCUT2D eigenvalue weighted by Crippen LogP contribution is 2.16. The van der Waals surface area contributed by atoms with Gasteiger partial charge in [-0.1, -0.05) is 22.9 Å². The number of rotatable bonds is 4. The fourth-order valence-corrected chi connectivity index (χ4v) is 2.77. The third kappa shape index (κ3) is 3.45. The van der Waals surface area contributed by atoms with Gasteiger partial charge in [-0.3, -0.25) is 9.78 Å². The second-order valence-corrected chi connectivity index (χ2v) is 6.60. The van der Waals surface area contributed by atoms with Crippen molar-refractivity contribution < 1.29 is 8.42 Å². The van der Waals surface area contributed by atoms with E-state index in [1.807, 2.05) is 6.92 Å². The Labute approximate surface area is 124 Å². The van der Waals surface area contributed by atoms with Crippen LogP contribution in [0.4, 0.5) is 5.95 Å². The predicted molar refractivity (Wildman–Crippen MR) is 79.2 cm³/mol. The molecule has 0 radical (unpaired) electrons. The van der Waals surface area contributed by atoms with Gasteiger partial charge in [0.25, 0.3) is 15.6 Å². The van der Waals surface area contributed by atoms with Crippen LogP contribution < -0.4 is 10.3 Å². The Balaban J connectivity index is 2.35. The molecule has 6 nitrogen and oxygen atoms in total. The maximum atomic E-state index is 12.1. The summed E-state index contributed by atoms with van der Waals surface area (Å²) < 4.78 is 27.3. The molecule has 0 aliphatic rings. The largest absolute Gasteiger partial charge is 0.292 e. The third-order valence-corrected chi connectivity index (χ3v) is 4.40. The van der Waals surface area contributed by atoms with Crippen LogP contribution in [-0.2, 0) is 16.4 Å². The first-order valence-electron chi connectivity index (χ1n) is 5.79. The van der Waals surface area contributed by atoms with E-state index in [1.165, 1.54) is 18.2 Å². The molecule has 1 heterocycles. The average molecular weight is 358 g/mol. The quantitative estimate of drug-likeness (QED) is 0.873. The van der Waals surface area contributed by atoms with Gasteiger partial charge < -0.3 is 0 Å². The third-order valence-electron chi connectivity index (χ3n) is 2.51. The molecule has 8 heteroatoms. The van der Waals surface area contributed by atoms with Crippen molar-refractivity contribution in [3.05, 3.63) is 50.9 Å². The number of aryl methyl sites for hydroxylation is 1. The summed E-state index contributed by atoms with van der Waals surface area (Å²) in [7, 11) is -3.78. The van der Waals surface area contributed by atoms with Gasteiger partial charge in [0, 0.05) is 16.2 Å². The van der Waals surface area contributed by atoms with Crippen LogP contribution in [0.1, 0.15) is 12.6 Å². The van der Waals surface area contributed by atoms with Crippen molar-refractivity contribution in [3.8, 4) is 0 Å². The molecule has 0 unspecified atom stereocenters. The van der Waals surface area contributed by atoms with Crippen LogP contribution >= 0.6 is 15.9 Å². The number of halogens is 1. The smallest absolute Gasteiger partial charge is 0.264 e. The van der Waals surface area contributed by atoms with E-state index in [0.29, 0.717) is 12.1 Å². The lowest BCUT2D eigenvalue weighted by atomic mass is 10.3. The Kier molecular flexibility index (Phi) is 4.24. The first-order chi connectivity index (χ1) is 9.40. The normalized spacial score (nSPS) is 11.3. The van der Waals surface area contributed by atoms with Crippen LogP contribution in [0, 0.1) is 0 Å². The van der Waals surface area contributed by atoms with Crippen molar-refractivity contribution in [2.75, 3.05) is 4.72 Å². The molecule has 0 aliphatic heterocycles. The molecule has 2 aromatic rings. The Morgan fingerprint density at radius 3 is 2.55 bits per heavy atom. The minimum atomic E-state index is -3.78. The van der Waals surface area contributed by atoms with Crippen molar-refractivity contribution in [1.29, 1.82) is 0 Å². The molecule has 0 bridgehead atoms. The summed E-state index contributed by atoms with van der Waals surface area (Å²) in [5.41, 5.74) is 0.118. The summed E-state index contributed by atoms with van der Waals surface area (Å²) in [4.78, 5) is 17.9. The number of hydrogen-bond acceptors (Lipinski definition) is 4. The second-order valence-electron chi connectivity index (χ2n) is 4.00.